The van der Waals surface area contributed by atoms with E-state index in [1.54, 1.807) is 0 Å². The predicted octanol–water partition coefficient (Wildman–Crippen LogP) is 1.87. The van der Waals surface area contributed by atoms with Crippen molar-refractivity contribution in [1.29, 1.82) is 0 Å². The lowest BCUT2D eigenvalue weighted by molar-refractivity contribution is -0.157. The summed E-state index contributed by atoms with van der Waals surface area (Å²) in [7, 11) is 1.87. The number of ketones is 1. The highest BCUT2D eigenvalue weighted by molar-refractivity contribution is 5.86. The van der Waals surface area contributed by atoms with Crippen molar-refractivity contribution in [3.8, 4) is 0 Å². The Labute approximate surface area is 128 Å². The van der Waals surface area contributed by atoms with Crippen LogP contribution in [0.3, 0.4) is 0 Å². The summed E-state index contributed by atoms with van der Waals surface area (Å²) in [6, 6.07) is -0.340. The van der Waals surface area contributed by atoms with E-state index >= 15 is 0 Å². The average Bonchev–Trinajstić information content (AvgIpc) is 2.36. The zero-order valence-corrected chi connectivity index (χ0v) is 14.4. The fraction of sp³-hybridized carbons (Fsp3) is 0.875. The molecule has 0 saturated carbocycles. The molecule has 0 heterocycles. The Bertz CT molecular complexity index is 341. The summed E-state index contributed by atoms with van der Waals surface area (Å²) in [5.41, 5.74) is 0. The van der Waals surface area contributed by atoms with Crippen molar-refractivity contribution in [1.82, 2.24) is 4.90 Å². The van der Waals surface area contributed by atoms with Gasteiger partial charge in [0.1, 0.15) is 12.1 Å². The van der Waals surface area contributed by atoms with Crippen LogP contribution in [-0.2, 0) is 14.3 Å². The van der Waals surface area contributed by atoms with E-state index in [9.17, 15) is 9.59 Å². The van der Waals surface area contributed by atoms with Gasteiger partial charge in [0, 0.05) is 25.5 Å². The first-order chi connectivity index (χ1) is 9.63. The van der Waals surface area contributed by atoms with E-state index in [1.807, 2.05) is 46.6 Å². The zero-order valence-electron chi connectivity index (χ0n) is 14.4. The quantitative estimate of drug-likeness (QED) is 0.659. The second-order valence-electron chi connectivity index (χ2n) is 6.32. The van der Waals surface area contributed by atoms with Crippen LogP contribution < -0.4 is 0 Å². The summed E-state index contributed by atoms with van der Waals surface area (Å²) < 4.78 is 5.46. The third kappa shape index (κ3) is 6.14. The van der Waals surface area contributed by atoms with Gasteiger partial charge in [-0.1, -0.05) is 20.8 Å². The summed E-state index contributed by atoms with van der Waals surface area (Å²) in [5, 5.41) is 9.16. The number of rotatable bonds is 9. The van der Waals surface area contributed by atoms with E-state index in [4.69, 9.17) is 9.84 Å². The van der Waals surface area contributed by atoms with Gasteiger partial charge in [-0.2, -0.15) is 0 Å². The first kappa shape index (κ1) is 20.1. The Morgan fingerprint density at radius 1 is 1.14 bits per heavy atom. The molecule has 21 heavy (non-hydrogen) atoms. The molecule has 0 aromatic rings. The van der Waals surface area contributed by atoms with Crippen LogP contribution >= 0.6 is 0 Å². The molecule has 0 aliphatic heterocycles. The van der Waals surface area contributed by atoms with E-state index in [1.165, 1.54) is 6.92 Å². The molecule has 124 valence electrons. The second-order valence-corrected chi connectivity index (χ2v) is 6.32. The topological polar surface area (TPSA) is 66.8 Å². The number of carbonyl (C=O) groups is 2. The fourth-order valence-corrected chi connectivity index (χ4v) is 2.31. The largest absolute Gasteiger partial charge is 0.460 e. The number of nitrogens with zero attached hydrogens (tertiary/aromatic N) is 1. The maximum atomic E-state index is 12.6. The lowest BCUT2D eigenvalue weighted by atomic mass is 9.87. The Hall–Kier alpha value is -0.940. The van der Waals surface area contributed by atoms with Crippen LogP contribution in [-0.4, -0.2) is 53.6 Å². The van der Waals surface area contributed by atoms with E-state index in [0.29, 0.717) is 6.42 Å². The maximum absolute atomic E-state index is 12.6. The summed E-state index contributed by atoms with van der Waals surface area (Å²) >= 11 is 0. The standard InChI is InChI=1S/C16H31NO4/c1-10(2)15(20)14(17(7)11(3)4)16(21-13(6)19)12(5)8-9-18/h10-12,14,16,18H,8-9H2,1-7H3/t12-,14?,16?/m1/s1. The van der Waals surface area contributed by atoms with Crippen LogP contribution in [0, 0.1) is 11.8 Å². The van der Waals surface area contributed by atoms with Gasteiger partial charge in [-0.05, 0) is 33.2 Å². The van der Waals surface area contributed by atoms with Crippen LogP contribution in [0.5, 0.6) is 0 Å². The smallest absolute Gasteiger partial charge is 0.302 e. The predicted molar refractivity (Wildman–Crippen MR) is 83.0 cm³/mol. The van der Waals surface area contributed by atoms with E-state index in [0.717, 1.165) is 0 Å². The number of aliphatic hydroxyl groups is 1. The van der Waals surface area contributed by atoms with Gasteiger partial charge >= 0.3 is 5.97 Å². The molecule has 0 aliphatic rings. The van der Waals surface area contributed by atoms with Crippen molar-refractivity contribution >= 4 is 11.8 Å². The minimum atomic E-state index is -0.544. The van der Waals surface area contributed by atoms with Gasteiger partial charge in [-0.3, -0.25) is 14.5 Å². The molecule has 5 nitrogen and oxygen atoms in total. The minimum Gasteiger partial charge on any atom is -0.460 e. The number of ether oxygens (including phenoxy) is 1. The number of carbonyl (C=O) groups excluding carboxylic acids is 2. The third-order valence-corrected chi connectivity index (χ3v) is 3.87. The van der Waals surface area contributed by atoms with Crippen molar-refractivity contribution < 1.29 is 19.4 Å². The summed E-state index contributed by atoms with van der Waals surface area (Å²) in [6.07, 6.45) is -0.0527. The molecular formula is C16H31NO4. The zero-order chi connectivity index (χ0) is 16.7. The van der Waals surface area contributed by atoms with Crippen molar-refractivity contribution in [2.45, 2.75) is 66.2 Å². The van der Waals surface area contributed by atoms with Gasteiger partial charge in [0.15, 0.2) is 5.78 Å². The number of likely N-dealkylation sites (N-methyl/N-ethyl adjacent to an activating group) is 1. The van der Waals surface area contributed by atoms with Crippen molar-refractivity contribution in [2.75, 3.05) is 13.7 Å². The molecule has 0 bridgehead atoms. The maximum Gasteiger partial charge on any atom is 0.302 e. The van der Waals surface area contributed by atoms with Gasteiger partial charge in [-0.15, -0.1) is 0 Å². The van der Waals surface area contributed by atoms with Gasteiger partial charge in [0.2, 0.25) is 0 Å². The highest BCUT2D eigenvalue weighted by atomic mass is 16.5. The minimum absolute atomic E-state index is 0.00686. The Balaban J connectivity index is 5.53. The van der Waals surface area contributed by atoms with Crippen LogP contribution in [0.4, 0.5) is 0 Å². The Kier molecular flexibility index (Phi) is 8.74. The molecule has 0 aromatic heterocycles. The molecule has 0 aromatic carbocycles. The Morgan fingerprint density at radius 2 is 1.67 bits per heavy atom. The second kappa shape index (κ2) is 9.15. The summed E-state index contributed by atoms with van der Waals surface area (Å²) in [4.78, 5) is 26.0. The molecule has 2 unspecified atom stereocenters. The highest BCUT2D eigenvalue weighted by Gasteiger charge is 2.39. The van der Waals surface area contributed by atoms with E-state index in [2.05, 4.69) is 0 Å². The van der Waals surface area contributed by atoms with Gasteiger partial charge < -0.3 is 9.84 Å². The molecule has 0 rings (SSSR count). The number of esters is 1. The van der Waals surface area contributed by atoms with E-state index in [-0.39, 0.29) is 30.3 Å². The van der Waals surface area contributed by atoms with Crippen molar-refractivity contribution in [3.63, 3.8) is 0 Å². The van der Waals surface area contributed by atoms with Crippen molar-refractivity contribution in [2.24, 2.45) is 11.8 Å². The average molecular weight is 301 g/mol. The molecule has 1 N–H and O–H groups in total. The van der Waals surface area contributed by atoms with Crippen molar-refractivity contribution in [3.05, 3.63) is 0 Å². The molecule has 0 amide bonds. The van der Waals surface area contributed by atoms with Crippen LogP contribution in [0.15, 0.2) is 0 Å². The summed E-state index contributed by atoms with van der Waals surface area (Å²) in [6.45, 7) is 11.0. The number of hydrogen-bond donors (Lipinski definition) is 1. The van der Waals surface area contributed by atoms with Gasteiger partial charge in [0.25, 0.3) is 0 Å². The SMILES string of the molecule is CC(=O)OC(C(C(=O)C(C)C)N(C)C(C)C)[C@H](C)CCO. The van der Waals surface area contributed by atoms with Crippen LogP contribution in [0.1, 0.15) is 48.0 Å². The lowest BCUT2D eigenvalue weighted by Crippen LogP contribution is -2.54. The number of aliphatic hydroxyl groups excluding tert-OH is 1. The van der Waals surface area contributed by atoms with Crippen LogP contribution in [0.2, 0.25) is 0 Å². The summed E-state index contributed by atoms with van der Waals surface area (Å²) in [5.74, 6) is -0.575. The highest BCUT2D eigenvalue weighted by Crippen LogP contribution is 2.23. The third-order valence-electron chi connectivity index (χ3n) is 3.87. The molecule has 0 fully saturated rings. The number of Topliss-reactive ketones (excluding diaryl/α,β-unsaturated/α-hetero) is 1. The molecule has 0 radical (unpaired) electrons. The monoisotopic (exact) mass is 301 g/mol. The molecular weight excluding hydrogens is 270 g/mol. The Morgan fingerprint density at radius 3 is 2.00 bits per heavy atom. The molecule has 0 saturated heterocycles. The lowest BCUT2D eigenvalue weighted by Gasteiger charge is -2.38. The normalized spacial score (nSPS) is 16.1. The first-order valence-electron chi connectivity index (χ1n) is 7.67. The molecule has 0 spiro atoms. The van der Waals surface area contributed by atoms with Gasteiger partial charge in [0.05, 0.1) is 0 Å². The van der Waals surface area contributed by atoms with Crippen LogP contribution in [0.25, 0.3) is 0 Å². The molecule has 5 heteroatoms. The molecule has 3 atom stereocenters. The molecule has 0 aliphatic carbocycles. The first-order valence-corrected chi connectivity index (χ1v) is 7.67. The van der Waals surface area contributed by atoms with E-state index < -0.39 is 18.1 Å². The van der Waals surface area contributed by atoms with Gasteiger partial charge in [-0.25, -0.2) is 0 Å². The fourth-order valence-electron chi connectivity index (χ4n) is 2.31. The number of hydrogen-bond acceptors (Lipinski definition) is 5.